The van der Waals surface area contributed by atoms with Crippen LogP contribution in [0.4, 0.5) is 13.2 Å². The molecule has 0 amide bonds. The second kappa shape index (κ2) is 6.21. The van der Waals surface area contributed by atoms with Crippen LogP contribution >= 0.6 is 0 Å². The van der Waals surface area contributed by atoms with Crippen LogP contribution < -0.4 is 5.32 Å². The lowest BCUT2D eigenvalue weighted by atomic mass is 10.0. The summed E-state index contributed by atoms with van der Waals surface area (Å²) in [6, 6.07) is 4.82. The summed E-state index contributed by atoms with van der Waals surface area (Å²) >= 11 is 0. The fraction of sp³-hybridized carbons (Fsp3) is 0.462. The van der Waals surface area contributed by atoms with Crippen LogP contribution in [0, 0.1) is 6.92 Å². The highest BCUT2D eigenvalue weighted by Gasteiger charge is 2.30. The highest BCUT2D eigenvalue weighted by Crippen LogP contribution is 2.30. The Morgan fingerprint density at radius 2 is 1.90 bits per heavy atom. The van der Waals surface area contributed by atoms with E-state index in [1.807, 2.05) is 7.05 Å². The molecule has 0 aliphatic heterocycles. The third-order valence-electron chi connectivity index (χ3n) is 3.10. The third-order valence-corrected chi connectivity index (χ3v) is 3.10. The van der Waals surface area contributed by atoms with Crippen molar-refractivity contribution in [3.05, 3.63) is 41.2 Å². The maximum absolute atomic E-state index is 12.6. The van der Waals surface area contributed by atoms with E-state index >= 15 is 0 Å². The van der Waals surface area contributed by atoms with Crippen LogP contribution in [0.1, 0.15) is 29.4 Å². The summed E-state index contributed by atoms with van der Waals surface area (Å²) in [5.41, 5.74) is 0.0528. The van der Waals surface area contributed by atoms with Crippen LogP contribution in [-0.2, 0) is 6.18 Å². The maximum Gasteiger partial charge on any atom is 0.416 e. The van der Waals surface area contributed by atoms with Gasteiger partial charge >= 0.3 is 6.18 Å². The molecule has 0 spiro atoms. The predicted octanol–water partition coefficient (Wildman–Crippen LogP) is 2.20. The Kier molecular flexibility index (Phi) is 4.56. The first kappa shape index (κ1) is 15.4. The van der Waals surface area contributed by atoms with Crippen LogP contribution in [0.3, 0.4) is 0 Å². The average molecular weight is 299 g/mol. The molecule has 0 radical (unpaired) electrons. The molecule has 5 nitrogen and oxygen atoms in total. The van der Waals surface area contributed by atoms with Crippen molar-refractivity contribution in [2.45, 2.75) is 25.6 Å². The zero-order chi connectivity index (χ0) is 15.5. The lowest BCUT2D eigenvalue weighted by Gasteiger charge is -2.16. The van der Waals surface area contributed by atoms with Crippen LogP contribution in [0.5, 0.6) is 0 Å². The van der Waals surface area contributed by atoms with Gasteiger partial charge in [-0.25, -0.2) is 0 Å². The zero-order valence-electron chi connectivity index (χ0n) is 11.7. The molecule has 0 aliphatic carbocycles. The second-order valence-electron chi connectivity index (χ2n) is 4.68. The first-order valence-corrected chi connectivity index (χ1v) is 6.49. The van der Waals surface area contributed by atoms with Crippen molar-refractivity contribution in [2.75, 3.05) is 13.6 Å². The van der Waals surface area contributed by atoms with E-state index in [1.165, 1.54) is 16.9 Å². The van der Waals surface area contributed by atoms with Crippen LogP contribution in [0.2, 0.25) is 0 Å². The molecule has 1 aromatic carbocycles. The fourth-order valence-electron chi connectivity index (χ4n) is 2.02. The van der Waals surface area contributed by atoms with Gasteiger partial charge in [0.25, 0.3) is 0 Å². The Morgan fingerprint density at radius 1 is 1.24 bits per heavy atom. The van der Waals surface area contributed by atoms with Gasteiger partial charge in [0.15, 0.2) is 5.82 Å². The van der Waals surface area contributed by atoms with Crippen molar-refractivity contribution >= 4 is 0 Å². The molecule has 0 bridgehead atoms. The highest BCUT2D eigenvalue weighted by atomic mass is 19.4. The van der Waals surface area contributed by atoms with Crippen molar-refractivity contribution in [1.82, 2.24) is 25.5 Å². The van der Waals surface area contributed by atoms with Gasteiger partial charge in [0.05, 0.1) is 11.6 Å². The minimum Gasteiger partial charge on any atom is -0.320 e. The van der Waals surface area contributed by atoms with Gasteiger partial charge in [-0.15, -0.1) is 10.2 Å². The smallest absolute Gasteiger partial charge is 0.320 e. The van der Waals surface area contributed by atoms with E-state index in [0.29, 0.717) is 18.8 Å². The van der Waals surface area contributed by atoms with Crippen LogP contribution in [-0.4, -0.2) is 33.8 Å². The predicted molar refractivity (Wildman–Crippen MR) is 70.7 cm³/mol. The molecular weight excluding hydrogens is 283 g/mol. The zero-order valence-corrected chi connectivity index (χ0v) is 11.7. The van der Waals surface area contributed by atoms with Crippen LogP contribution in [0.25, 0.3) is 0 Å². The summed E-state index contributed by atoms with van der Waals surface area (Å²) in [5.74, 6) is 0.524. The fourth-order valence-corrected chi connectivity index (χ4v) is 2.02. The molecular formula is C13H16F3N5. The van der Waals surface area contributed by atoms with Gasteiger partial charge in [0.2, 0.25) is 0 Å². The largest absolute Gasteiger partial charge is 0.416 e. The molecule has 1 N–H and O–H groups in total. The topological polar surface area (TPSA) is 55.6 Å². The van der Waals surface area contributed by atoms with Crippen LogP contribution in [0.15, 0.2) is 24.3 Å². The summed E-state index contributed by atoms with van der Waals surface area (Å²) in [4.78, 5) is 1.44. The molecule has 1 unspecified atom stereocenters. The van der Waals surface area contributed by atoms with Gasteiger partial charge in [0, 0.05) is 0 Å². The lowest BCUT2D eigenvalue weighted by molar-refractivity contribution is -0.137. The van der Waals surface area contributed by atoms with Gasteiger partial charge in [-0.05, 0) is 49.8 Å². The Labute approximate surface area is 120 Å². The molecule has 0 saturated carbocycles. The highest BCUT2D eigenvalue weighted by molar-refractivity contribution is 5.27. The molecule has 0 fully saturated rings. The number of tetrazole rings is 1. The lowest BCUT2D eigenvalue weighted by Crippen LogP contribution is -2.20. The number of halogens is 3. The quantitative estimate of drug-likeness (QED) is 0.919. The van der Waals surface area contributed by atoms with Crippen molar-refractivity contribution in [1.29, 1.82) is 0 Å². The molecule has 1 heterocycles. The van der Waals surface area contributed by atoms with Gasteiger partial charge in [-0.3, -0.25) is 0 Å². The maximum atomic E-state index is 12.6. The molecule has 0 saturated heterocycles. The number of nitrogens with zero attached hydrogens (tertiary/aromatic N) is 4. The summed E-state index contributed by atoms with van der Waals surface area (Å²) in [5, 5.41) is 14.9. The van der Waals surface area contributed by atoms with Crippen molar-refractivity contribution < 1.29 is 13.2 Å². The standard InChI is InChI=1S/C13H16F3N5/c1-9-18-20-21(19-9)12(7-8-17-2)10-3-5-11(6-4-10)13(14,15)16/h3-6,12,17H,7-8H2,1-2H3. The molecule has 21 heavy (non-hydrogen) atoms. The van der Waals surface area contributed by atoms with E-state index in [1.54, 1.807) is 6.92 Å². The Bertz CT molecular complexity index is 576. The van der Waals surface area contributed by atoms with Crippen molar-refractivity contribution in [3.63, 3.8) is 0 Å². The molecule has 8 heteroatoms. The Morgan fingerprint density at radius 3 is 2.38 bits per heavy atom. The number of rotatable bonds is 5. The van der Waals surface area contributed by atoms with Crippen molar-refractivity contribution in [3.8, 4) is 0 Å². The number of hydrogen-bond donors (Lipinski definition) is 1. The molecule has 2 rings (SSSR count). The molecule has 1 atom stereocenters. The van der Waals surface area contributed by atoms with E-state index in [2.05, 4.69) is 20.7 Å². The summed E-state index contributed by atoms with van der Waals surface area (Å²) in [6.07, 6.45) is -3.68. The number of hydrogen-bond acceptors (Lipinski definition) is 4. The summed E-state index contributed by atoms with van der Waals surface area (Å²) in [7, 11) is 1.81. The Hall–Kier alpha value is -1.96. The number of nitrogens with one attached hydrogen (secondary N) is 1. The van der Waals surface area contributed by atoms with Gasteiger partial charge in [-0.1, -0.05) is 12.1 Å². The first-order valence-electron chi connectivity index (χ1n) is 6.49. The minimum atomic E-state index is -4.33. The number of aromatic nitrogens is 4. The number of aryl methyl sites for hydroxylation is 1. The van der Waals surface area contributed by atoms with E-state index in [0.717, 1.165) is 17.7 Å². The van der Waals surface area contributed by atoms with E-state index in [-0.39, 0.29) is 6.04 Å². The molecule has 2 aromatic rings. The second-order valence-corrected chi connectivity index (χ2v) is 4.68. The van der Waals surface area contributed by atoms with E-state index < -0.39 is 11.7 Å². The minimum absolute atomic E-state index is 0.249. The van der Waals surface area contributed by atoms with E-state index in [9.17, 15) is 13.2 Å². The normalized spacial score (nSPS) is 13.4. The third kappa shape index (κ3) is 3.78. The Balaban J connectivity index is 2.28. The van der Waals surface area contributed by atoms with E-state index in [4.69, 9.17) is 0 Å². The van der Waals surface area contributed by atoms with Gasteiger partial charge < -0.3 is 5.32 Å². The summed E-state index contributed by atoms with van der Waals surface area (Å²) < 4.78 is 37.8. The molecule has 0 aliphatic rings. The first-order chi connectivity index (χ1) is 9.91. The number of benzene rings is 1. The molecule has 1 aromatic heterocycles. The SMILES string of the molecule is CNCCC(c1ccc(C(F)(F)F)cc1)n1nnc(C)n1. The molecule has 114 valence electrons. The van der Waals surface area contributed by atoms with Gasteiger partial charge in [0.1, 0.15) is 0 Å². The summed E-state index contributed by atoms with van der Waals surface area (Å²) in [6.45, 7) is 2.40. The van der Waals surface area contributed by atoms with Gasteiger partial charge in [-0.2, -0.15) is 18.0 Å². The van der Waals surface area contributed by atoms with Crippen molar-refractivity contribution in [2.24, 2.45) is 0 Å². The monoisotopic (exact) mass is 299 g/mol. The average Bonchev–Trinajstić information content (AvgIpc) is 2.85. The number of alkyl halides is 3.